The number of methoxy groups -OCH3 is 1. The van der Waals surface area contributed by atoms with Crippen LogP contribution in [0.3, 0.4) is 0 Å². The minimum Gasteiger partial charge on any atom is -0.497 e. The largest absolute Gasteiger partial charge is 0.497 e. The summed E-state index contributed by atoms with van der Waals surface area (Å²) in [4.78, 5) is 51.2. The fraction of sp³-hybridized carbons (Fsp3) is 0.238. The fourth-order valence-corrected chi connectivity index (χ4v) is 2.99. The van der Waals surface area contributed by atoms with Gasteiger partial charge >= 0.3 is 17.8 Å². The van der Waals surface area contributed by atoms with E-state index in [1.54, 1.807) is 37.3 Å². The first-order chi connectivity index (χ1) is 13.9. The molecule has 2 aromatic carbocycles. The van der Waals surface area contributed by atoms with E-state index in [-0.39, 0.29) is 18.0 Å². The number of hydrogen-bond acceptors (Lipinski definition) is 6. The van der Waals surface area contributed by atoms with Crippen molar-refractivity contribution in [2.24, 2.45) is 0 Å². The van der Waals surface area contributed by atoms with Crippen molar-refractivity contribution in [2.75, 3.05) is 18.6 Å². The van der Waals surface area contributed by atoms with Crippen molar-refractivity contribution in [1.29, 1.82) is 0 Å². The highest BCUT2D eigenvalue weighted by Crippen LogP contribution is 2.28. The zero-order valence-corrected chi connectivity index (χ0v) is 16.3. The second-order valence-corrected chi connectivity index (χ2v) is 6.32. The summed E-state index contributed by atoms with van der Waals surface area (Å²) in [5, 5.41) is 0. The average Bonchev–Trinajstić information content (AvgIpc) is 2.92. The van der Waals surface area contributed by atoms with Crippen molar-refractivity contribution in [2.45, 2.75) is 20.4 Å². The molecular formula is C21H20N2O6. The Hall–Kier alpha value is -3.68. The van der Waals surface area contributed by atoms with Crippen LogP contribution in [0.25, 0.3) is 0 Å². The second kappa shape index (κ2) is 8.14. The Morgan fingerprint density at radius 3 is 2.28 bits per heavy atom. The molecule has 0 aromatic heterocycles. The summed E-state index contributed by atoms with van der Waals surface area (Å²) in [5.74, 6) is -1.06. The summed E-state index contributed by atoms with van der Waals surface area (Å²) in [6, 6.07) is 10.2. The zero-order chi connectivity index (χ0) is 21.1. The van der Waals surface area contributed by atoms with Crippen molar-refractivity contribution in [3.63, 3.8) is 0 Å². The smallest absolute Gasteiger partial charge is 0.339 e. The molecule has 1 aliphatic rings. The van der Waals surface area contributed by atoms with E-state index in [2.05, 4.69) is 0 Å². The van der Waals surface area contributed by atoms with Crippen LogP contribution in [-0.2, 0) is 16.1 Å². The Morgan fingerprint density at radius 1 is 1.00 bits per heavy atom. The van der Waals surface area contributed by atoms with Crippen LogP contribution in [0.15, 0.2) is 42.5 Å². The number of ketones is 1. The van der Waals surface area contributed by atoms with Crippen LogP contribution < -0.4 is 14.4 Å². The normalized spacial score (nSPS) is 13.8. The number of carbonyl (C=O) groups is 4. The first kappa shape index (κ1) is 20.1. The molecule has 4 amide bonds. The molecule has 1 saturated heterocycles. The van der Waals surface area contributed by atoms with Gasteiger partial charge in [0.1, 0.15) is 11.5 Å². The summed E-state index contributed by atoms with van der Waals surface area (Å²) in [7, 11) is 1.50. The van der Waals surface area contributed by atoms with Gasteiger partial charge in [0.15, 0.2) is 5.78 Å². The molecule has 0 N–H and O–H groups in total. The van der Waals surface area contributed by atoms with E-state index in [4.69, 9.17) is 9.47 Å². The standard InChI is InChI=1S/C21H20N2O6/c1-4-29-18-10-5-14(13(2)24)11-15(18)12-22-19(25)20(26)23(21(22)27)16-6-8-17(28-3)9-7-16/h5-11H,4,12H2,1-3H3. The summed E-state index contributed by atoms with van der Waals surface area (Å²) in [5.41, 5.74) is 1.14. The molecule has 0 radical (unpaired) electrons. The van der Waals surface area contributed by atoms with Crippen LogP contribution in [0.5, 0.6) is 11.5 Å². The van der Waals surface area contributed by atoms with Gasteiger partial charge in [-0.25, -0.2) is 9.69 Å². The van der Waals surface area contributed by atoms with Gasteiger partial charge in [0, 0.05) is 11.1 Å². The van der Waals surface area contributed by atoms with Crippen molar-refractivity contribution >= 4 is 29.3 Å². The van der Waals surface area contributed by atoms with Gasteiger partial charge in [-0.05, 0) is 56.3 Å². The first-order valence-electron chi connectivity index (χ1n) is 8.98. The molecule has 8 heteroatoms. The summed E-state index contributed by atoms with van der Waals surface area (Å²) < 4.78 is 10.6. The molecule has 0 atom stereocenters. The van der Waals surface area contributed by atoms with Gasteiger partial charge in [-0.15, -0.1) is 0 Å². The minimum absolute atomic E-state index is 0.163. The van der Waals surface area contributed by atoms with Gasteiger partial charge < -0.3 is 9.47 Å². The van der Waals surface area contributed by atoms with Crippen LogP contribution in [0.4, 0.5) is 10.5 Å². The van der Waals surface area contributed by atoms with E-state index in [0.29, 0.717) is 29.2 Å². The molecule has 0 bridgehead atoms. The van der Waals surface area contributed by atoms with E-state index in [1.165, 1.54) is 26.2 Å². The molecule has 0 aliphatic carbocycles. The molecule has 3 rings (SSSR count). The van der Waals surface area contributed by atoms with E-state index >= 15 is 0 Å². The maximum atomic E-state index is 12.8. The number of rotatable bonds is 7. The molecule has 8 nitrogen and oxygen atoms in total. The Morgan fingerprint density at radius 2 is 1.69 bits per heavy atom. The number of nitrogens with zero attached hydrogens (tertiary/aromatic N) is 2. The number of hydrogen-bond donors (Lipinski definition) is 0. The molecule has 0 unspecified atom stereocenters. The lowest BCUT2D eigenvalue weighted by atomic mass is 10.1. The van der Waals surface area contributed by atoms with Crippen molar-refractivity contribution in [3.8, 4) is 11.5 Å². The average molecular weight is 396 g/mol. The Balaban J connectivity index is 1.92. The van der Waals surface area contributed by atoms with Gasteiger partial charge in [-0.1, -0.05) is 0 Å². The van der Waals surface area contributed by atoms with Gasteiger partial charge in [0.05, 0.1) is 25.9 Å². The monoisotopic (exact) mass is 396 g/mol. The number of Topliss-reactive ketones (excluding diaryl/α,β-unsaturated/α-hetero) is 1. The number of anilines is 1. The van der Waals surface area contributed by atoms with Gasteiger partial charge in [0.2, 0.25) is 0 Å². The summed E-state index contributed by atoms with van der Waals surface area (Å²) in [6.07, 6.45) is 0. The number of amides is 4. The van der Waals surface area contributed by atoms with E-state index < -0.39 is 17.8 Å². The van der Waals surface area contributed by atoms with E-state index in [0.717, 1.165) is 9.80 Å². The quantitative estimate of drug-likeness (QED) is 0.406. The highest BCUT2D eigenvalue weighted by Gasteiger charge is 2.45. The van der Waals surface area contributed by atoms with Crippen molar-refractivity contribution < 1.29 is 28.7 Å². The predicted octanol–water partition coefficient (Wildman–Crippen LogP) is 2.79. The van der Waals surface area contributed by atoms with Crippen molar-refractivity contribution in [1.82, 2.24) is 4.90 Å². The third-order valence-corrected chi connectivity index (χ3v) is 4.48. The highest BCUT2D eigenvalue weighted by atomic mass is 16.5. The van der Waals surface area contributed by atoms with Gasteiger partial charge in [0.25, 0.3) is 0 Å². The number of imide groups is 2. The third kappa shape index (κ3) is 3.82. The second-order valence-electron chi connectivity index (χ2n) is 6.32. The number of benzene rings is 2. The molecule has 150 valence electrons. The van der Waals surface area contributed by atoms with Crippen LogP contribution in [0.1, 0.15) is 29.8 Å². The molecule has 0 saturated carbocycles. The van der Waals surface area contributed by atoms with Gasteiger partial charge in [-0.2, -0.15) is 0 Å². The zero-order valence-electron chi connectivity index (χ0n) is 16.3. The first-order valence-corrected chi connectivity index (χ1v) is 8.98. The predicted molar refractivity (Wildman–Crippen MR) is 104 cm³/mol. The van der Waals surface area contributed by atoms with Crippen molar-refractivity contribution in [3.05, 3.63) is 53.6 Å². The Labute approximate surface area is 167 Å². The Kier molecular flexibility index (Phi) is 5.63. The number of urea groups is 1. The van der Waals surface area contributed by atoms with Crippen LogP contribution in [0, 0.1) is 0 Å². The SMILES string of the molecule is CCOc1ccc(C(C)=O)cc1CN1C(=O)C(=O)N(c2ccc(OC)cc2)C1=O. The molecule has 0 spiro atoms. The molecule has 29 heavy (non-hydrogen) atoms. The van der Waals surface area contributed by atoms with Crippen LogP contribution in [-0.4, -0.2) is 42.2 Å². The van der Waals surface area contributed by atoms with Crippen LogP contribution in [0.2, 0.25) is 0 Å². The lowest BCUT2D eigenvalue weighted by Gasteiger charge is -2.18. The summed E-state index contributed by atoms with van der Waals surface area (Å²) >= 11 is 0. The summed E-state index contributed by atoms with van der Waals surface area (Å²) in [6.45, 7) is 3.39. The number of ether oxygens (including phenoxy) is 2. The number of carbonyl (C=O) groups excluding carboxylic acids is 4. The molecular weight excluding hydrogens is 376 g/mol. The van der Waals surface area contributed by atoms with E-state index in [1.807, 2.05) is 0 Å². The molecule has 1 heterocycles. The lowest BCUT2D eigenvalue weighted by Crippen LogP contribution is -2.33. The Bertz CT molecular complexity index is 983. The highest BCUT2D eigenvalue weighted by molar-refractivity contribution is 6.52. The van der Waals surface area contributed by atoms with Gasteiger partial charge in [-0.3, -0.25) is 19.3 Å². The molecule has 1 fully saturated rings. The minimum atomic E-state index is -0.944. The van der Waals surface area contributed by atoms with E-state index in [9.17, 15) is 19.2 Å². The maximum Gasteiger partial charge on any atom is 0.339 e. The third-order valence-electron chi connectivity index (χ3n) is 4.48. The molecule has 2 aromatic rings. The lowest BCUT2D eigenvalue weighted by molar-refractivity contribution is -0.139. The molecule has 1 aliphatic heterocycles. The van der Waals surface area contributed by atoms with Crippen LogP contribution >= 0.6 is 0 Å². The topological polar surface area (TPSA) is 93.2 Å². The fourth-order valence-electron chi connectivity index (χ4n) is 2.99. The maximum absolute atomic E-state index is 12.8.